The Balaban J connectivity index is 2.87. The van der Waals surface area contributed by atoms with Crippen molar-refractivity contribution in [2.75, 3.05) is 7.11 Å². The van der Waals surface area contributed by atoms with Crippen LogP contribution < -0.4 is 0 Å². The second kappa shape index (κ2) is 4.41. The maximum absolute atomic E-state index is 5.36. The predicted octanol–water partition coefficient (Wildman–Crippen LogP) is 3.54. The SMILES string of the molecule is CCC(OC)c1nc(C(C)(C)C)cs1. The van der Waals surface area contributed by atoms with Gasteiger partial charge in [-0.2, -0.15) is 0 Å². The highest BCUT2D eigenvalue weighted by molar-refractivity contribution is 7.09. The number of ether oxygens (including phenoxy) is 1. The van der Waals surface area contributed by atoms with Crippen LogP contribution in [0, 0.1) is 0 Å². The van der Waals surface area contributed by atoms with Gasteiger partial charge in [0.15, 0.2) is 0 Å². The molecule has 1 rings (SSSR count). The van der Waals surface area contributed by atoms with E-state index in [0.717, 1.165) is 17.1 Å². The van der Waals surface area contributed by atoms with Crippen LogP contribution in [-0.2, 0) is 10.2 Å². The smallest absolute Gasteiger partial charge is 0.122 e. The van der Waals surface area contributed by atoms with Gasteiger partial charge in [0, 0.05) is 17.9 Å². The number of methoxy groups -OCH3 is 1. The van der Waals surface area contributed by atoms with Crippen molar-refractivity contribution in [3.63, 3.8) is 0 Å². The van der Waals surface area contributed by atoms with Gasteiger partial charge in [-0.3, -0.25) is 0 Å². The number of aromatic nitrogens is 1. The van der Waals surface area contributed by atoms with Crippen LogP contribution in [0.2, 0.25) is 0 Å². The molecule has 0 fully saturated rings. The Morgan fingerprint density at radius 3 is 2.50 bits per heavy atom. The molecule has 0 aliphatic carbocycles. The zero-order valence-electron chi connectivity index (χ0n) is 9.63. The number of nitrogens with zero attached hydrogens (tertiary/aromatic N) is 1. The molecule has 0 spiro atoms. The maximum Gasteiger partial charge on any atom is 0.122 e. The van der Waals surface area contributed by atoms with Crippen LogP contribution in [0.1, 0.15) is 50.9 Å². The van der Waals surface area contributed by atoms with Crippen molar-refractivity contribution in [3.8, 4) is 0 Å². The van der Waals surface area contributed by atoms with Gasteiger partial charge >= 0.3 is 0 Å². The lowest BCUT2D eigenvalue weighted by atomic mass is 9.93. The Morgan fingerprint density at radius 1 is 1.50 bits per heavy atom. The van der Waals surface area contributed by atoms with Crippen LogP contribution in [0.5, 0.6) is 0 Å². The second-order valence-electron chi connectivity index (χ2n) is 4.45. The van der Waals surface area contributed by atoms with E-state index < -0.39 is 0 Å². The van der Waals surface area contributed by atoms with E-state index in [4.69, 9.17) is 4.74 Å². The third-order valence-corrected chi connectivity index (χ3v) is 3.16. The Morgan fingerprint density at radius 2 is 2.14 bits per heavy atom. The molecule has 1 aromatic heterocycles. The van der Waals surface area contributed by atoms with Gasteiger partial charge in [-0.05, 0) is 6.42 Å². The van der Waals surface area contributed by atoms with Crippen LogP contribution in [0.4, 0.5) is 0 Å². The quantitative estimate of drug-likeness (QED) is 0.766. The van der Waals surface area contributed by atoms with Gasteiger partial charge in [0.05, 0.1) is 5.69 Å². The number of hydrogen-bond acceptors (Lipinski definition) is 3. The van der Waals surface area contributed by atoms with Crippen LogP contribution in [0.15, 0.2) is 5.38 Å². The average Bonchev–Trinajstić information content (AvgIpc) is 2.54. The van der Waals surface area contributed by atoms with Crippen LogP contribution in [0.25, 0.3) is 0 Å². The minimum absolute atomic E-state index is 0.140. The zero-order valence-corrected chi connectivity index (χ0v) is 10.4. The highest BCUT2D eigenvalue weighted by Gasteiger charge is 2.20. The lowest BCUT2D eigenvalue weighted by molar-refractivity contribution is 0.0995. The van der Waals surface area contributed by atoms with E-state index in [2.05, 4.69) is 38.1 Å². The molecule has 0 radical (unpaired) electrons. The van der Waals surface area contributed by atoms with E-state index in [0.29, 0.717) is 0 Å². The minimum atomic E-state index is 0.140. The molecule has 1 unspecified atom stereocenters. The monoisotopic (exact) mass is 213 g/mol. The summed E-state index contributed by atoms with van der Waals surface area (Å²) < 4.78 is 5.36. The molecule has 3 heteroatoms. The van der Waals surface area contributed by atoms with Gasteiger partial charge in [0.2, 0.25) is 0 Å². The van der Waals surface area contributed by atoms with Gasteiger partial charge in [0.1, 0.15) is 11.1 Å². The summed E-state index contributed by atoms with van der Waals surface area (Å²) in [4.78, 5) is 4.62. The van der Waals surface area contributed by atoms with Crippen molar-refractivity contribution in [2.24, 2.45) is 0 Å². The lowest BCUT2D eigenvalue weighted by Gasteiger charge is -2.15. The first kappa shape index (κ1) is 11.7. The van der Waals surface area contributed by atoms with Crippen LogP contribution in [0.3, 0.4) is 0 Å². The molecule has 0 bridgehead atoms. The Kier molecular flexibility index (Phi) is 3.67. The van der Waals surface area contributed by atoms with E-state index in [1.807, 2.05) is 0 Å². The molecule has 0 saturated carbocycles. The predicted molar refractivity (Wildman–Crippen MR) is 60.9 cm³/mol. The molecular weight excluding hydrogens is 194 g/mol. The maximum atomic E-state index is 5.36. The Hall–Kier alpha value is -0.410. The summed E-state index contributed by atoms with van der Waals surface area (Å²) >= 11 is 1.70. The fourth-order valence-electron chi connectivity index (χ4n) is 1.22. The van der Waals surface area contributed by atoms with Crippen molar-refractivity contribution in [1.29, 1.82) is 0 Å². The lowest BCUT2D eigenvalue weighted by Crippen LogP contribution is -2.12. The largest absolute Gasteiger partial charge is 0.374 e. The molecule has 80 valence electrons. The third-order valence-electron chi connectivity index (χ3n) is 2.22. The summed E-state index contributed by atoms with van der Waals surface area (Å²) in [5.74, 6) is 0. The van der Waals surface area contributed by atoms with Gasteiger partial charge in [-0.15, -0.1) is 11.3 Å². The summed E-state index contributed by atoms with van der Waals surface area (Å²) in [7, 11) is 1.74. The zero-order chi connectivity index (χ0) is 10.8. The molecular formula is C11H19NOS. The van der Waals surface area contributed by atoms with E-state index in [1.54, 1.807) is 18.4 Å². The first-order chi connectivity index (χ1) is 6.49. The first-order valence-electron chi connectivity index (χ1n) is 4.97. The van der Waals surface area contributed by atoms with E-state index in [-0.39, 0.29) is 11.5 Å². The first-order valence-corrected chi connectivity index (χ1v) is 5.85. The summed E-state index contributed by atoms with van der Waals surface area (Å²) in [6.45, 7) is 8.66. The van der Waals surface area contributed by atoms with Crippen molar-refractivity contribution in [1.82, 2.24) is 4.98 Å². The van der Waals surface area contributed by atoms with Crippen molar-refractivity contribution in [2.45, 2.75) is 45.6 Å². The van der Waals surface area contributed by atoms with Gasteiger partial charge in [-0.1, -0.05) is 27.7 Å². The molecule has 1 atom stereocenters. The molecule has 0 aliphatic heterocycles. The Labute approximate surface area is 90.3 Å². The molecule has 0 saturated heterocycles. The third kappa shape index (κ3) is 2.55. The fraction of sp³-hybridized carbons (Fsp3) is 0.727. The van der Waals surface area contributed by atoms with Crippen molar-refractivity contribution >= 4 is 11.3 Å². The fourth-order valence-corrected chi connectivity index (χ4v) is 2.43. The topological polar surface area (TPSA) is 22.1 Å². The number of thiazole rings is 1. The minimum Gasteiger partial charge on any atom is -0.374 e. The van der Waals surface area contributed by atoms with E-state index in [9.17, 15) is 0 Å². The molecule has 0 aromatic carbocycles. The average molecular weight is 213 g/mol. The van der Waals surface area contributed by atoms with E-state index >= 15 is 0 Å². The second-order valence-corrected chi connectivity index (χ2v) is 5.34. The molecule has 1 heterocycles. The molecule has 14 heavy (non-hydrogen) atoms. The standard InChI is InChI=1S/C11H19NOS/c1-6-8(13-5)10-12-9(7-14-10)11(2,3)4/h7-8H,6H2,1-5H3. The highest BCUT2D eigenvalue weighted by atomic mass is 32.1. The molecule has 2 nitrogen and oxygen atoms in total. The van der Waals surface area contributed by atoms with Crippen LogP contribution in [-0.4, -0.2) is 12.1 Å². The van der Waals surface area contributed by atoms with Gasteiger partial charge < -0.3 is 4.74 Å². The van der Waals surface area contributed by atoms with Gasteiger partial charge in [0.25, 0.3) is 0 Å². The Bertz CT molecular complexity index is 284. The van der Waals surface area contributed by atoms with Crippen LogP contribution >= 0.6 is 11.3 Å². The summed E-state index contributed by atoms with van der Waals surface area (Å²) in [6, 6.07) is 0. The summed E-state index contributed by atoms with van der Waals surface area (Å²) in [5.41, 5.74) is 1.30. The highest BCUT2D eigenvalue weighted by Crippen LogP contribution is 2.29. The summed E-state index contributed by atoms with van der Waals surface area (Å²) in [5, 5.41) is 3.23. The molecule has 0 amide bonds. The van der Waals surface area contributed by atoms with Crippen molar-refractivity contribution in [3.05, 3.63) is 16.1 Å². The number of rotatable bonds is 3. The van der Waals surface area contributed by atoms with Gasteiger partial charge in [-0.25, -0.2) is 4.98 Å². The van der Waals surface area contributed by atoms with E-state index in [1.165, 1.54) is 0 Å². The number of hydrogen-bond donors (Lipinski definition) is 0. The van der Waals surface area contributed by atoms with Crippen molar-refractivity contribution < 1.29 is 4.74 Å². The molecule has 0 aliphatic rings. The molecule has 1 aromatic rings. The molecule has 0 N–H and O–H groups in total. The normalized spacial score (nSPS) is 14.4. The summed E-state index contributed by atoms with van der Waals surface area (Å²) in [6.07, 6.45) is 1.14.